The van der Waals surface area contributed by atoms with E-state index in [-0.39, 0.29) is 0 Å². The van der Waals surface area contributed by atoms with E-state index >= 15 is 0 Å². The van der Waals surface area contributed by atoms with Gasteiger partial charge in [-0.05, 0) is 13.8 Å². The topological polar surface area (TPSA) is 27.7 Å². The van der Waals surface area contributed by atoms with Crippen LogP contribution in [0.4, 0.5) is 0 Å². The van der Waals surface area contributed by atoms with Crippen LogP contribution in [0.2, 0.25) is 10.6 Å². The third-order valence-corrected chi connectivity index (χ3v) is 9.37. The smallest absolute Gasteiger partial charge is 0.437 e. The fourth-order valence-electron chi connectivity index (χ4n) is 2.00. The second-order valence-corrected chi connectivity index (χ2v) is 10.3. The molecular weight excluding hydrogens is 274 g/mol. The Kier molecular flexibility index (Phi) is 10.5. The standard InChI is InChI=1S/C6H12O3P.2C4H9.Al/c1-4-8-10(7,6-3)9-5-2;2*1-4(2)3;/h3-5H2,1-2H3;2*4H,1H2,2-3H3;/q-1;;;+1. The molecule has 0 aliphatic heterocycles. The van der Waals surface area contributed by atoms with E-state index in [1.807, 2.05) is 13.8 Å². The summed E-state index contributed by atoms with van der Waals surface area (Å²) >= 11 is -1.36. The first-order valence-corrected chi connectivity index (χ1v) is 10.9. The Morgan fingerprint density at radius 2 is 1.42 bits per heavy atom. The molecule has 0 N–H and O–H groups in total. The van der Waals surface area contributed by atoms with Gasteiger partial charge in [0, 0.05) is 0 Å². The summed E-state index contributed by atoms with van der Waals surface area (Å²) in [4.78, 5) is 0. The van der Waals surface area contributed by atoms with E-state index in [0.29, 0.717) is 25.0 Å². The maximum absolute atomic E-state index is 6.32. The molecule has 0 aromatic carbocycles. The Bertz CT molecular complexity index is 292. The highest BCUT2D eigenvalue weighted by molar-refractivity contribution is 7.61. The fraction of sp³-hybridized carbons (Fsp3) is 0.857. The molecule has 0 fully saturated rings. The molecule has 112 valence electrons. The average Bonchev–Trinajstić information content (AvgIpc) is 2.27. The Morgan fingerprint density at radius 3 is 1.68 bits per heavy atom. The molecule has 0 saturated heterocycles. The molecule has 19 heavy (non-hydrogen) atoms. The summed E-state index contributed by atoms with van der Waals surface area (Å²) in [5, 5.41) is 2.28. The Hall–Kier alpha value is 0.492. The SMILES string of the molecule is C=C=P(OCC)(OCC)[O][Al]([CH2]C(C)C)[CH2]C(C)C. The van der Waals surface area contributed by atoms with Crippen molar-refractivity contribution in [3.8, 4) is 0 Å². The van der Waals surface area contributed by atoms with Crippen LogP contribution in [0.25, 0.3) is 0 Å². The molecule has 0 aliphatic rings. The summed E-state index contributed by atoms with van der Waals surface area (Å²) in [5.74, 6) is 1.29. The van der Waals surface area contributed by atoms with Gasteiger partial charge in [-0.25, -0.2) is 0 Å². The summed E-state index contributed by atoms with van der Waals surface area (Å²) in [7, 11) is -2.45. The fourth-order valence-corrected chi connectivity index (χ4v) is 8.27. The molecule has 0 saturated carbocycles. The van der Waals surface area contributed by atoms with Crippen LogP contribution in [0, 0.1) is 11.8 Å². The van der Waals surface area contributed by atoms with E-state index in [9.17, 15) is 0 Å². The molecule has 0 aromatic heterocycles. The van der Waals surface area contributed by atoms with Gasteiger partial charge in [-0.3, -0.25) is 0 Å². The Morgan fingerprint density at radius 1 is 1.00 bits per heavy atom. The van der Waals surface area contributed by atoms with Crippen molar-refractivity contribution in [2.24, 2.45) is 11.8 Å². The second kappa shape index (κ2) is 10.3. The quantitative estimate of drug-likeness (QED) is 0.431. The van der Waals surface area contributed by atoms with Gasteiger partial charge in [-0.15, -0.1) is 0 Å². The van der Waals surface area contributed by atoms with E-state index in [0.717, 1.165) is 10.6 Å². The van der Waals surface area contributed by atoms with Crippen molar-refractivity contribution in [3.05, 3.63) is 6.58 Å². The van der Waals surface area contributed by atoms with Gasteiger partial charge in [0.15, 0.2) is 0 Å². The molecule has 0 radical (unpaired) electrons. The van der Waals surface area contributed by atoms with Crippen molar-refractivity contribution >= 4 is 27.5 Å². The lowest BCUT2D eigenvalue weighted by molar-refractivity contribution is 0.215. The lowest BCUT2D eigenvalue weighted by Crippen LogP contribution is -2.22. The van der Waals surface area contributed by atoms with Gasteiger partial charge in [0.1, 0.15) is 0 Å². The highest BCUT2D eigenvalue weighted by atomic mass is 31.2. The Balaban J connectivity index is 4.95. The molecule has 0 aromatic rings. The summed E-state index contributed by atoms with van der Waals surface area (Å²) in [6, 6.07) is 0. The maximum atomic E-state index is 6.32. The monoisotopic (exact) mass is 304 g/mol. The third kappa shape index (κ3) is 8.38. The predicted octanol–water partition coefficient (Wildman–Crippen LogP) is 4.73. The van der Waals surface area contributed by atoms with Gasteiger partial charge in [0.2, 0.25) is 0 Å². The lowest BCUT2D eigenvalue weighted by Gasteiger charge is -2.27. The van der Waals surface area contributed by atoms with Gasteiger partial charge < -0.3 is 12.6 Å². The molecule has 0 amide bonds. The Labute approximate surface area is 124 Å². The van der Waals surface area contributed by atoms with E-state index in [4.69, 9.17) is 12.6 Å². The van der Waals surface area contributed by atoms with Gasteiger partial charge in [0.25, 0.3) is 7.57 Å². The van der Waals surface area contributed by atoms with Crippen molar-refractivity contribution in [2.75, 3.05) is 13.2 Å². The first kappa shape index (κ1) is 19.5. The molecule has 5 heteroatoms. The first-order valence-electron chi connectivity index (χ1n) is 7.29. The van der Waals surface area contributed by atoms with Crippen molar-refractivity contribution in [3.63, 3.8) is 0 Å². The third-order valence-electron chi connectivity index (χ3n) is 2.55. The molecule has 0 unspecified atom stereocenters. The average molecular weight is 304 g/mol. The minimum absolute atomic E-state index is 0.570. The van der Waals surface area contributed by atoms with Gasteiger partial charge in [-0.2, -0.15) is 0 Å². The minimum atomic E-state index is -2.45. The minimum Gasteiger partial charge on any atom is -0.437 e. The van der Waals surface area contributed by atoms with Gasteiger partial charge in [0.05, 0.1) is 13.2 Å². The van der Waals surface area contributed by atoms with Crippen LogP contribution in [-0.2, 0) is 12.6 Å². The molecular formula is C14H30AlO3P. The largest absolute Gasteiger partial charge is 0.471 e. The number of hydrogen-bond acceptors (Lipinski definition) is 3. The first-order chi connectivity index (χ1) is 8.89. The van der Waals surface area contributed by atoms with Crippen molar-refractivity contribution < 1.29 is 12.6 Å². The summed E-state index contributed by atoms with van der Waals surface area (Å²) in [6.45, 7) is 17.8. The van der Waals surface area contributed by atoms with E-state index in [2.05, 4.69) is 39.7 Å². The highest BCUT2D eigenvalue weighted by Crippen LogP contribution is 2.51. The summed E-state index contributed by atoms with van der Waals surface area (Å²) in [6.07, 6.45) is 0. The van der Waals surface area contributed by atoms with Crippen molar-refractivity contribution in [1.82, 2.24) is 0 Å². The highest BCUT2D eigenvalue weighted by Gasteiger charge is 2.31. The van der Waals surface area contributed by atoms with Crippen LogP contribution in [0.15, 0.2) is 6.58 Å². The van der Waals surface area contributed by atoms with Crippen molar-refractivity contribution in [2.45, 2.75) is 52.1 Å². The molecule has 0 bridgehead atoms. The van der Waals surface area contributed by atoms with E-state index in [1.165, 1.54) is 0 Å². The van der Waals surface area contributed by atoms with Crippen LogP contribution >= 0.6 is 7.57 Å². The second-order valence-electron chi connectivity index (χ2n) is 5.48. The normalized spacial score (nSPS) is 12.0. The molecule has 0 aliphatic carbocycles. The molecule has 3 nitrogen and oxygen atoms in total. The molecule has 0 atom stereocenters. The van der Waals surface area contributed by atoms with Crippen LogP contribution in [0.3, 0.4) is 0 Å². The summed E-state index contributed by atoms with van der Waals surface area (Å²) in [5.41, 5.74) is 2.92. The maximum Gasteiger partial charge on any atom is 0.471 e. The zero-order chi connectivity index (χ0) is 14.9. The molecule has 0 rings (SSSR count). The van der Waals surface area contributed by atoms with Gasteiger partial charge >= 0.3 is 14.5 Å². The van der Waals surface area contributed by atoms with Crippen LogP contribution < -0.4 is 0 Å². The zero-order valence-corrected chi connectivity index (χ0v) is 15.5. The van der Waals surface area contributed by atoms with Crippen LogP contribution in [0.1, 0.15) is 41.5 Å². The number of hydrogen-bond donors (Lipinski definition) is 0. The van der Waals surface area contributed by atoms with E-state index in [1.54, 1.807) is 0 Å². The van der Waals surface area contributed by atoms with Gasteiger partial charge in [-0.1, -0.05) is 62.1 Å². The predicted molar refractivity (Wildman–Crippen MR) is 86.9 cm³/mol. The summed E-state index contributed by atoms with van der Waals surface area (Å²) < 4.78 is 17.8. The van der Waals surface area contributed by atoms with Crippen LogP contribution in [-0.4, -0.2) is 33.1 Å². The van der Waals surface area contributed by atoms with Crippen LogP contribution in [0.5, 0.6) is 0 Å². The zero-order valence-electron chi connectivity index (χ0n) is 13.4. The van der Waals surface area contributed by atoms with Crippen molar-refractivity contribution in [1.29, 1.82) is 0 Å². The molecule has 0 heterocycles. The number of rotatable bonds is 10. The van der Waals surface area contributed by atoms with E-state index < -0.39 is 22.0 Å². The molecule has 0 spiro atoms. The lowest BCUT2D eigenvalue weighted by atomic mass is 10.3.